The summed E-state index contributed by atoms with van der Waals surface area (Å²) in [6.45, 7) is 1.29. The van der Waals surface area contributed by atoms with Gasteiger partial charge in [0.2, 0.25) is 0 Å². The molecule has 2 aliphatic rings. The number of fused-ring (bicyclic) bond motifs is 1. The van der Waals surface area contributed by atoms with Crippen LogP contribution in [0, 0.1) is 0 Å². The highest BCUT2D eigenvalue weighted by atomic mass is 16.3. The summed E-state index contributed by atoms with van der Waals surface area (Å²) in [5.41, 5.74) is 0. The first-order valence-electron chi connectivity index (χ1n) is 3.98. The maximum absolute atomic E-state index is 9.39. The molecule has 2 saturated heterocycles. The van der Waals surface area contributed by atoms with Gasteiger partial charge in [0.05, 0.1) is 24.4 Å². The Hall–Kier alpha value is -0.160. The van der Waals surface area contributed by atoms with Crippen molar-refractivity contribution >= 4 is 0 Å². The van der Waals surface area contributed by atoms with Crippen molar-refractivity contribution in [3.05, 3.63) is 0 Å². The van der Waals surface area contributed by atoms with Crippen LogP contribution in [0.15, 0.2) is 0 Å². The molecular weight excluding hydrogens is 146 g/mol. The van der Waals surface area contributed by atoms with Gasteiger partial charge in [-0.3, -0.25) is 4.90 Å². The van der Waals surface area contributed by atoms with E-state index in [1.54, 1.807) is 0 Å². The third-order valence-corrected chi connectivity index (χ3v) is 2.69. The van der Waals surface area contributed by atoms with Gasteiger partial charge >= 0.3 is 0 Å². The largest absolute Gasteiger partial charge is 0.391 e. The lowest BCUT2D eigenvalue weighted by Crippen LogP contribution is -2.38. The average molecular weight is 159 g/mol. The first-order chi connectivity index (χ1) is 5.20. The molecule has 2 fully saturated rings. The van der Waals surface area contributed by atoms with E-state index in [1.807, 2.05) is 4.90 Å². The first kappa shape index (κ1) is 7.49. The second kappa shape index (κ2) is 2.42. The van der Waals surface area contributed by atoms with Crippen molar-refractivity contribution in [2.45, 2.75) is 30.8 Å². The summed E-state index contributed by atoms with van der Waals surface area (Å²) in [5, 5.41) is 28.0. The van der Waals surface area contributed by atoms with Crippen molar-refractivity contribution in [3.8, 4) is 0 Å². The smallest absolute Gasteiger partial charge is 0.0991 e. The van der Waals surface area contributed by atoms with Gasteiger partial charge in [-0.2, -0.15) is 0 Å². The van der Waals surface area contributed by atoms with Crippen molar-refractivity contribution in [2.75, 3.05) is 13.1 Å². The van der Waals surface area contributed by atoms with Gasteiger partial charge in [0.15, 0.2) is 0 Å². The lowest BCUT2D eigenvalue weighted by molar-refractivity contribution is 0.00792. The second-order valence-corrected chi connectivity index (χ2v) is 3.40. The molecule has 0 radical (unpaired) electrons. The molecule has 11 heavy (non-hydrogen) atoms. The predicted molar refractivity (Wildman–Crippen MR) is 38.0 cm³/mol. The minimum absolute atomic E-state index is 0.218. The van der Waals surface area contributed by atoms with Crippen LogP contribution in [-0.4, -0.2) is 57.7 Å². The summed E-state index contributed by atoms with van der Waals surface area (Å²) in [5.74, 6) is 0. The number of nitrogens with zero attached hydrogens (tertiary/aromatic N) is 1. The highest BCUT2D eigenvalue weighted by Gasteiger charge is 2.47. The third-order valence-electron chi connectivity index (χ3n) is 2.69. The molecule has 2 aliphatic heterocycles. The molecule has 0 amide bonds. The lowest BCUT2D eigenvalue weighted by atomic mass is 10.1. The van der Waals surface area contributed by atoms with Crippen LogP contribution in [-0.2, 0) is 0 Å². The monoisotopic (exact) mass is 159 g/mol. The summed E-state index contributed by atoms with van der Waals surface area (Å²) in [4.78, 5) is 1.94. The van der Waals surface area contributed by atoms with Crippen molar-refractivity contribution in [1.29, 1.82) is 0 Å². The molecule has 0 aromatic rings. The lowest BCUT2D eigenvalue weighted by Gasteiger charge is -2.18. The number of aliphatic hydroxyl groups excluding tert-OH is 3. The average Bonchev–Trinajstić information content (AvgIpc) is 2.41. The van der Waals surface area contributed by atoms with E-state index in [0.29, 0.717) is 13.0 Å². The Kier molecular flexibility index (Phi) is 1.64. The van der Waals surface area contributed by atoms with Gasteiger partial charge in [-0.25, -0.2) is 0 Å². The van der Waals surface area contributed by atoms with Crippen LogP contribution >= 0.6 is 0 Å². The molecule has 0 aliphatic carbocycles. The molecule has 64 valence electrons. The van der Waals surface area contributed by atoms with Crippen LogP contribution < -0.4 is 0 Å². The second-order valence-electron chi connectivity index (χ2n) is 3.40. The summed E-state index contributed by atoms with van der Waals surface area (Å²) in [6, 6.07) is -0.218. The highest BCUT2D eigenvalue weighted by Crippen LogP contribution is 2.28. The molecule has 0 bridgehead atoms. The minimum atomic E-state index is -0.757. The summed E-state index contributed by atoms with van der Waals surface area (Å²) < 4.78 is 0. The minimum Gasteiger partial charge on any atom is -0.391 e. The van der Waals surface area contributed by atoms with E-state index in [1.165, 1.54) is 0 Å². The van der Waals surface area contributed by atoms with Gasteiger partial charge in [0.25, 0.3) is 0 Å². The molecule has 0 spiro atoms. The SMILES string of the molecule is OC1CN2CC[C@@H](O)[C@H]2C1O. The van der Waals surface area contributed by atoms with E-state index in [2.05, 4.69) is 0 Å². The van der Waals surface area contributed by atoms with Crippen molar-refractivity contribution < 1.29 is 15.3 Å². The number of hydrogen-bond acceptors (Lipinski definition) is 4. The normalized spacial score (nSPS) is 51.5. The Morgan fingerprint density at radius 3 is 2.45 bits per heavy atom. The first-order valence-corrected chi connectivity index (χ1v) is 3.98. The standard InChI is InChI=1S/C7H13NO3/c9-4-1-2-8-3-5(10)7(11)6(4)8/h4-7,9-11H,1-3H2/t4-,5?,6+,7?/m1/s1. The van der Waals surface area contributed by atoms with Crippen LogP contribution in [0.25, 0.3) is 0 Å². The zero-order valence-electron chi connectivity index (χ0n) is 6.22. The Bertz CT molecular complexity index is 162. The fourth-order valence-electron chi connectivity index (χ4n) is 2.09. The van der Waals surface area contributed by atoms with E-state index < -0.39 is 18.3 Å². The number of aliphatic hydroxyl groups is 3. The van der Waals surface area contributed by atoms with Gasteiger partial charge in [-0.05, 0) is 6.42 Å². The number of hydrogen-bond donors (Lipinski definition) is 3. The Morgan fingerprint density at radius 2 is 1.82 bits per heavy atom. The van der Waals surface area contributed by atoms with Crippen LogP contribution in [0.5, 0.6) is 0 Å². The zero-order chi connectivity index (χ0) is 8.01. The number of rotatable bonds is 0. The zero-order valence-corrected chi connectivity index (χ0v) is 6.22. The summed E-state index contributed by atoms with van der Waals surface area (Å²) >= 11 is 0. The maximum atomic E-state index is 9.39. The van der Waals surface area contributed by atoms with Gasteiger partial charge in [-0.15, -0.1) is 0 Å². The fraction of sp³-hybridized carbons (Fsp3) is 1.00. The maximum Gasteiger partial charge on any atom is 0.0991 e. The molecule has 0 aromatic heterocycles. The van der Waals surface area contributed by atoms with E-state index in [0.717, 1.165) is 6.54 Å². The molecule has 4 heteroatoms. The Labute approximate surface area is 65.1 Å². The van der Waals surface area contributed by atoms with Crippen molar-refractivity contribution in [3.63, 3.8) is 0 Å². The topological polar surface area (TPSA) is 63.9 Å². The van der Waals surface area contributed by atoms with Gasteiger partial charge in [0.1, 0.15) is 0 Å². The van der Waals surface area contributed by atoms with E-state index >= 15 is 0 Å². The van der Waals surface area contributed by atoms with Crippen molar-refractivity contribution in [2.24, 2.45) is 0 Å². The van der Waals surface area contributed by atoms with Crippen LogP contribution in [0.1, 0.15) is 6.42 Å². The van der Waals surface area contributed by atoms with E-state index in [9.17, 15) is 15.3 Å². The molecule has 2 heterocycles. The molecule has 4 atom stereocenters. The van der Waals surface area contributed by atoms with Gasteiger partial charge in [-0.1, -0.05) is 0 Å². The molecule has 2 rings (SSSR count). The van der Waals surface area contributed by atoms with E-state index in [-0.39, 0.29) is 6.04 Å². The molecule has 2 unspecified atom stereocenters. The highest BCUT2D eigenvalue weighted by molar-refractivity contribution is 5.01. The molecular formula is C7H13NO3. The molecule has 4 nitrogen and oxygen atoms in total. The van der Waals surface area contributed by atoms with Crippen LogP contribution in [0.4, 0.5) is 0 Å². The van der Waals surface area contributed by atoms with Crippen molar-refractivity contribution in [1.82, 2.24) is 4.90 Å². The van der Waals surface area contributed by atoms with Crippen LogP contribution in [0.2, 0.25) is 0 Å². The Balaban J connectivity index is 2.13. The molecule has 0 aromatic carbocycles. The molecule has 0 saturated carbocycles. The van der Waals surface area contributed by atoms with E-state index in [4.69, 9.17) is 0 Å². The predicted octanol–water partition coefficient (Wildman–Crippen LogP) is -1.84. The Morgan fingerprint density at radius 1 is 1.09 bits per heavy atom. The fourth-order valence-corrected chi connectivity index (χ4v) is 2.09. The third kappa shape index (κ3) is 0.980. The quantitative estimate of drug-likeness (QED) is 0.388. The molecule has 3 N–H and O–H groups in total. The van der Waals surface area contributed by atoms with Gasteiger partial charge < -0.3 is 15.3 Å². The summed E-state index contributed by atoms with van der Waals surface area (Å²) in [7, 11) is 0. The summed E-state index contributed by atoms with van der Waals surface area (Å²) in [6.07, 6.45) is -1.17. The van der Waals surface area contributed by atoms with Crippen LogP contribution in [0.3, 0.4) is 0 Å². The van der Waals surface area contributed by atoms with Gasteiger partial charge in [0, 0.05) is 13.1 Å².